The Hall–Kier alpha value is -2.53. The minimum atomic E-state index is -0.0194. The number of likely N-dealkylation sites (N-methyl/N-ethyl adjacent to an activating group) is 1. The molecule has 3 rings (SSSR count). The van der Waals surface area contributed by atoms with Crippen LogP contribution in [0.25, 0.3) is 11.1 Å². The molecule has 0 saturated heterocycles. The molecule has 2 aromatic carbocycles. The van der Waals surface area contributed by atoms with Crippen LogP contribution in [-0.2, 0) is 0 Å². The highest BCUT2D eigenvalue weighted by atomic mass is 16.5. The van der Waals surface area contributed by atoms with Crippen LogP contribution in [-0.4, -0.2) is 50.6 Å². The van der Waals surface area contributed by atoms with Gasteiger partial charge in [0.1, 0.15) is 23.9 Å². The van der Waals surface area contributed by atoms with Crippen molar-refractivity contribution in [3.05, 3.63) is 41.5 Å². The molecule has 0 bridgehead atoms. The lowest BCUT2D eigenvalue weighted by atomic mass is 10.0. The standard InChI is InChI=1S/C22H27NO4/c1-5-23(6-2)11-12-27-18-10-8-9-16-20(18)21-17(22(16)24)13-15(25-4)14-19(21)26-7-3/h8-10,13-14H,5-7,11-12H2,1-4H3. The minimum absolute atomic E-state index is 0.0194. The van der Waals surface area contributed by atoms with Gasteiger partial charge in [0.15, 0.2) is 5.78 Å². The minimum Gasteiger partial charge on any atom is -0.497 e. The van der Waals surface area contributed by atoms with Crippen molar-refractivity contribution in [3.63, 3.8) is 0 Å². The highest BCUT2D eigenvalue weighted by molar-refractivity contribution is 6.23. The molecule has 5 nitrogen and oxygen atoms in total. The molecule has 0 radical (unpaired) electrons. The molecule has 0 heterocycles. The van der Waals surface area contributed by atoms with Gasteiger partial charge in [0.05, 0.1) is 13.7 Å². The first-order valence-electron chi connectivity index (χ1n) is 9.52. The summed E-state index contributed by atoms with van der Waals surface area (Å²) in [5, 5.41) is 0. The zero-order valence-corrected chi connectivity index (χ0v) is 16.5. The fourth-order valence-electron chi connectivity index (χ4n) is 3.48. The molecule has 5 heteroatoms. The number of ketones is 1. The highest BCUT2D eigenvalue weighted by Gasteiger charge is 2.33. The van der Waals surface area contributed by atoms with E-state index in [1.165, 1.54) is 0 Å². The molecule has 0 spiro atoms. The summed E-state index contributed by atoms with van der Waals surface area (Å²) in [5.74, 6) is 1.97. The Bertz CT molecular complexity index is 827. The first-order valence-corrected chi connectivity index (χ1v) is 9.52. The molecule has 0 amide bonds. The van der Waals surface area contributed by atoms with Gasteiger partial charge in [-0.2, -0.15) is 0 Å². The highest BCUT2D eigenvalue weighted by Crippen LogP contribution is 2.48. The molecule has 0 atom stereocenters. The van der Waals surface area contributed by atoms with E-state index in [-0.39, 0.29) is 5.78 Å². The van der Waals surface area contributed by atoms with Crippen LogP contribution in [0.3, 0.4) is 0 Å². The molecule has 0 aliphatic heterocycles. The molecule has 0 N–H and O–H groups in total. The van der Waals surface area contributed by atoms with E-state index < -0.39 is 0 Å². The number of ether oxygens (including phenoxy) is 3. The van der Waals surface area contributed by atoms with E-state index in [1.807, 2.05) is 31.2 Å². The van der Waals surface area contributed by atoms with Crippen molar-refractivity contribution in [2.75, 3.05) is 40.0 Å². The van der Waals surface area contributed by atoms with Gasteiger partial charge in [-0.25, -0.2) is 0 Å². The van der Waals surface area contributed by atoms with Gasteiger partial charge < -0.3 is 19.1 Å². The Balaban J connectivity index is 2.00. The molecule has 2 aromatic rings. The van der Waals surface area contributed by atoms with Crippen molar-refractivity contribution in [1.82, 2.24) is 4.90 Å². The van der Waals surface area contributed by atoms with Crippen molar-refractivity contribution < 1.29 is 19.0 Å². The number of nitrogens with zero attached hydrogens (tertiary/aromatic N) is 1. The fourth-order valence-corrected chi connectivity index (χ4v) is 3.48. The van der Waals surface area contributed by atoms with Gasteiger partial charge in [-0.05, 0) is 32.1 Å². The largest absolute Gasteiger partial charge is 0.497 e. The predicted octanol–water partition coefficient (Wildman–Crippen LogP) is 4.03. The fraction of sp³-hybridized carbons (Fsp3) is 0.409. The number of hydrogen-bond donors (Lipinski definition) is 0. The van der Waals surface area contributed by atoms with Crippen molar-refractivity contribution >= 4 is 5.78 Å². The maximum Gasteiger partial charge on any atom is 0.194 e. The van der Waals surface area contributed by atoms with E-state index in [9.17, 15) is 4.79 Å². The average molecular weight is 369 g/mol. The van der Waals surface area contributed by atoms with Gasteiger partial charge in [-0.1, -0.05) is 26.0 Å². The maximum absolute atomic E-state index is 13.0. The van der Waals surface area contributed by atoms with Gasteiger partial charge in [0.2, 0.25) is 0 Å². The topological polar surface area (TPSA) is 48.0 Å². The average Bonchev–Trinajstić information content (AvgIpc) is 2.99. The summed E-state index contributed by atoms with van der Waals surface area (Å²) >= 11 is 0. The smallest absolute Gasteiger partial charge is 0.194 e. The maximum atomic E-state index is 13.0. The summed E-state index contributed by atoms with van der Waals surface area (Å²) in [4.78, 5) is 15.3. The second-order valence-electron chi connectivity index (χ2n) is 6.36. The lowest BCUT2D eigenvalue weighted by molar-refractivity contribution is 0.104. The van der Waals surface area contributed by atoms with Gasteiger partial charge >= 0.3 is 0 Å². The molecule has 1 aliphatic carbocycles. The first kappa shape index (κ1) is 19.2. The van der Waals surface area contributed by atoms with Crippen LogP contribution >= 0.6 is 0 Å². The van der Waals surface area contributed by atoms with E-state index in [2.05, 4.69) is 18.7 Å². The van der Waals surface area contributed by atoms with Crippen LogP contribution in [0.4, 0.5) is 0 Å². The Morgan fingerprint density at radius 3 is 2.33 bits per heavy atom. The van der Waals surface area contributed by atoms with Gasteiger partial charge in [-0.15, -0.1) is 0 Å². The summed E-state index contributed by atoms with van der Waals surface area (Å²) in [5.41, 5.74) is 2.88. The normalized spacial score (nSPS) is 12.1. The van der Waals surface area contributed by atoms with Crippen LogP contribution in [0.2, 0.25) is 0 Å². The molecule has 0 unspecified atom stereocenters. The van der Waals surface area contributed by atoms with Crippen molar-refractivity contribution in [3.8, 4) is 28.4 Å². The molecule has 1 aliphatic rings. The van der Waals surface area contributed by atoms with Gasteiger partial charge in [0, 0.05) is 34.9 Å². The van der Waals surface area contributed by atoms with E-state index in [4.69, 9.17) is 14.2 Å². The van der Waals surface area contributed by atoms with E-state index in [0.29, 0.717) is 35.8 Å². The van der Waals surface area contributed by atoms with Crippen LogP contribution in [0.5, 0.6) is 17.2 Å². The SMILES string of the molecule is CCOc1cc(OC)cc2c1-c1c(OCCN(CC)CC)cccc1C2=O. The molecule has 27 heavy (non-hydrogen) atoms. The Kier molecular flexibility index (Phi) is 6.01. The third-order valence-corrected chi connectivity index (χ3v) is 4.94. The van der Waals surface area contributed by atoms with E-state index in [1.54, 1.807) is 13.2 Å². The Morgan fingerprint density at radius 2 is 1.67 bits per heavy atom. The number of hydrogen-bond acceptors (Lipinski definition) is 5. The molecular formula is C22H27NO4. The van der Waals surface area contributed by atoms with Crippen LogP contribution < -0.4 is 14.2 Å². The van der Waals surface area contributed by atoms with E-state index >= 15 is 0 Å². The summed E-state index contributed by atoms with van der Waals surface area (Å²) in [6.07, 6.45) is 0. The number of methoxy groups -OCH3 is 1. The van der Waals surface area contributed by atoms with Crippen LogP contribution in [0.15, 0.2) is 30.3 Å². The van der Waals surface area contributed by atoms with Crippen molar-refractivity contribution in [2.45, 2.75) is 20.8 Å². The summed E-state index contributed by atoms with van der Waals surface area (Å²) in [6, 6.07) is 9.24. The molecule has 0 saturated carbocycles. The first-order chi connectivity index (χ1) is 13.1. The Labute approximate surface area is 160 Å². The molecule has 144 valence electrons. The lowest BCUT2D eigenvalue weighted by Crippen LogP contribution is -2.28. The number of fused-ring (bicyclic) bond motifs is 3. The van der Waals surface area contributed by atoms with Gasteiger partial charge in [0.25, 0.3) is 0 Å². The number of carbonyl (C=O) groups excluding carboxylic acids is 1. The summed E-state index contributed by atoms with van der Waals surface area (Å²) in [7, 11) is 1.59. The second-order valence-corrected chi connectivity index (χ2v) is 6.36. The van der Waals surface area contributed by atoms with Crippen molar-refractivity contribution in [2.24, 2.45) is 0 Å². The van der Waals surface area contributed by atoms with Crippen LogP contribution in [0, 0.1) is 0 Å². The molecule has 0 fully saturated rings. The summed E-state index contributed by atoms with van der Waals surface area (Å²) in [6.45, 7) is 10.1. The third-order valence-electron chi connectivity index (χ3n) is 4.94. The zero-order chi connectivity index (χ0) is 19.4. The molecular weight excluding hydrogens is 342 g/mol. The number of rotatable bonds is 9. The van der Waals surface area contributed by atoms with Crippen LogP contribution in [0.1, 0.15) is 36.7 Å². The quantitative estimate of drug-likeness (QED) is 0.570. The number of benzene rings is 2. The summed E-state index contributed by atoms with van der Waals surface area (Å²) < 4.78 is 17.3. The predicted molar refractivity (Wildman–Crippen MR) is 106 cm³/mol. The second kappa shape index (κ2) is 8.44. The molecule has 0 aromatic heterocycles. The zero-order valence-electron chi connectivity index (χ0n) is 16.5. The van der Waals surface area contributed by atoms with Crippen molar-refractivity contribution in [1.29, 1.82) is 0 Å². The monoisotopic (exact) mass is 369 g/mol. The lowest BCUT2D eigenvalue weighted by Gasteiger charge is -2.19. The van der Waals surface area contributed by atoms with Gasteiger partial charge in [-0.3, -0.25) is 4.79 Å². The number of carbonyl (C=O) groups is 1. The third kappa shape index (κ3) is 3.65. The van der Waals surface area contributed by atoms with E-state index in [0.717, 1.165) is 36.5 Å². The Morgan fingerprint density at radius 1 is 0.926 bits per heavy atom.